The lowest BCUT2D eigenvalue weighted by Gasteiger charge is -2.19. The first-order chi connectivity index (χ1) is 12.9. The molecule has 0 spiro atoms. The fourth-order valence-electron chi connectivity index (χ4n) is 2.62. The smallest absolute Gasteiger partial charge is 0.255 e. The van der Waals surface area contributed by atoms with Crippen molar-refractivity contribution < 1.29 is 27.4 Å². The Labute approximate surface area is 157 Å². The molecule has 9 heteroatoms. The fourth-order valence-corrected chi connectivity index (χ4v) is 3.85. The van der Waals surface area contributed by atoms with Gasteiger partial charge in [-0.1, -0.05) is 6.92 Å². The first-order valence-electron chi connectivity index (χ1n) is 8.33. The van der Waals surface area contributed by atoms with E-state index in [2.05, 4.69) is 10.0 Å². The van der Waals surface area contributed by atoms with Gasteiger partial charge in [-0.2, -0.15) is 0 Å². The lowest BCUT2D eigenvalue weighted by atomic mass is 10.2. The molecular weight excluding hydrogens is 372 g/mol. The van der Waals surface area contributed by atoms with Crippen LogP contribution in [0, 0.1) is 0 Å². The van der Waals surface area contributed by atoms with Gasteiger partial charge in [0.25, 0.3) is 5.91 Å². The number of sulfonamides is 1. The van der Waals surface area contributed by atoms with E-state index in [1.807, 2.05) is 0 Å². The Kier molecular flexibility index (Phi) is 5.52. The lowest BCUT2D eigenvalue weighted by Crippen LogP contribution is -2.24. The third-order valence-corrected chi connectivity index (χ3v) is 5.42. The maximum atomic E-state index is 12.6. The third kappa shape index (κ3) is 4.15. The second-order valence-corrected chi connectivity index (χ2v) is 7.41. The molecule has 1 aliphatic heterocycles. The molecule has 1 aliphatic rings. The molecule has 3 rings (SSSR count). The van der Waals surface area contributed by atoms with Gasteiger partial charge < -0.3 is 19.5 Å². The molecule has 1 amide bonds. The van der Waals surface area contributed by atoms with Gasteiger partial charge in [-0.05, 0) is 30.3 Å². The normalized spacial score (nSPS) is 13.1. The average Bonchev–Trinajstić information content (AvgIpc) is 2.67. The molecule has 0 atom stereocenters. The maximum Gasteiger partial charge on any atom is 0.255 e. The zero-order valence-corrected chi connectivity index (χ0v) is 15.8. The van der Waals surface area contributed by atoms with E-state index in [9.17, 15) is 13.2 Å². The van der Waals surface area contributed by atoms with Crippen molar-refractivity contribution in [3.63, 3.8) is 0 Å². The van der Waals surface area contributed by atoms with Gasteiger partial charge in [-0.15, -0.1) is 0 Å². The molecule has 0 aromatic heterocycles. The Morgan fingerprint density at radius 3 is 2.56 bits per heavy atom. The van der Waals surface area contributed by atoms with Gasteiger partial charge in [-0.25, -0.2) is 13.1 Å². The summed E-state index contributed by atoms with van der Waals surface area (Å²) >= 11 is 0. The van der Waals surface area contributed by atoms with Crippen LogP contribution in [0.15, 0.2) is 41.3 Å². The summed E-state index contributed by atoms with van der Waals surface area (Å²) in [4.78, 5) is 12.5. The second kappa shape index (κ2) is 7.85. The zero-order valence-electron chi connectivity index (χ0n) is 14.9. The third-order valence-electron chi connectivity index (χ3n) is 3.85. The van der Waals surface area contributed by atoms with Crippen LogP contribution < -0.4 is 24.2 Å². The summed E-state index contributed by atoms with van der Waals surface area (Å²) in [7, 11) is -2.42. The largest absolute Gasteiger partial charge is 0.495 e. The molecule has 0 bridgehead atoms. The minimum Gasteiger partial charge on any atom is -0.495 e. The standard InChI is InChI=1S/C18H20N2O6S/c1-3-19-27(22,23)17-10-12(4-6-15(17)24-2)18(21)20-13-5-7-14-16(11-13)26-9-8-25-14/h4-7,10-11,19H,3,8-9H2,1-2H3,(H,20,21). The van der Waals surface area contributed by atoms with Crippen molar-refractivity contribution in [1.29, 1.82) is 0 Å². The van der Waals surface area contributed by atoms with E-state index in [-0.39, 0.29) is 22.8 Å². The average molecular weight is 392 g/mol. The number of fused-ring (bicyclic) bond motifs is 1. The van der Waals surface area contributed by atoms with Crippen molar-refractivity contribution in [3.8, 4) is 17.2 Å². The number of nitrogens with one attached hydrogen (secondary N) is 2. The van der Waals surface area contributed by atoms with Crippen molar-refractivity contribution in [2.24, 2.45) is 0 Å². The van der Waals surface area contributed by atoms with E-state index in [4.69, 9.17) is 14.2 Å². The van der Waals surface area contributed by atoms with Crippen LogP contribution >= 0.6 is 0 Å². The van der Waals surface area contributed by atoms with Gasteiger partial charge in [-0.3, -0.25) is 4.79 Å². The van der Waals surface area contributed by atoms with Crippen molar-refractivity contribution in [2.45, 2.75) is 11.8 Å². The molecule has 144 valence electrons. The topological polar surface area (TPSA) is 103 Å². The summed E-state index contributed by atoms with van der Waals surface area (Å²) in [5.74, 6) is 0.862. The lowest BCUT2D eigenvalue weighted by molar-refractivity contribution is 0.102. The molecule has 0 unspecified atom stereocenters. The molecule has 0 saturated carbocycles. The van der Waals surface area contributed by atoms with E-state index in [0.717, 1.165) is 0 Å². The fraction of sp³-hybridized carbons (Fsp3) is 0.278. The predicted molar refractivity (Wildman–Crippen MR) is 99.2 cm³/mol. The highest BCUT2D eigenvalue weighted by molar-refractivity contribution is 7.89. The van der Waals surface area contributed by atoms with Crippen LogP contribution in [0.4, 0.5) is 5.69 Å². The molecule has 2 N–H and O–H groups in total. The van der Waals surface area contributed by atoms with Crippen LogP contribution in [0.5, 0.6) is 17.2 Å². The second-order valence-electron chi connectivity index (χ2n) is 5.68. The first-order valence-corrected chi connectivity index (χ1v) is 9.81. The van der Waals surface area contributed by atoms with E-state index >= 15 is 0 Å². The molecule has 0 saturated heterocycles. The van der Waals surface area contributed by atoms with Gasteiger partial charge in [0.2, 0.25) is 10.0 Å². The molecule has 8 nitrogen and oxygen atoms in total. The Bertz CT molecular complexity index is 958. The minimum absolute atomic E-state index is 0.0957. The Balaban J connectivity index is 1.87. The van der Waals surface area contributed by atoms with Gasteiger partial charge in [0.1, 0.15) is 23.9 Å². The van der Waals surface area contributed by atoms with E-state index in [0.29, 0.717) is 30.4 Å². The summed E-state index contributed by atoms with van der Waals surface area (Å²) in [6.07, 6.45) is 0. The van der Waals surface area contributed by atoms with Crippen molar-refractivity contribution in [1.82, 2.24) is 4.72 Å². The molecule has 2 aromatic rings. The summed E-state index contributed by atoms with van der Waals surface area (Å²) in [5.41, 5.74) is 0.693. The van der Waals surface area contributed by atoms with Crippen molar-refractivity contribution in [3.05, 3.63) is 42.0 Å². The number of benzene rings is 2. The van der Waals surface area contributed by atoms with Crippen molar-refractivity contribution in [2.75, 3.05) is 32.2 Å². The number of hydrogen-bond acceptors (Lipinski definition) is 6. The number of carbonyl (C=O) groups is 1. The summed E-state index contributed by atoms with van der Waals surface area (Å²) in [6, 6.07) is 9.28. The number of amides is 1. The Hall–Kier alpha value is -2.78. The van der Waals surface area contributed by atoms with Crippen molar-refractivity contribution >= 4 is 21.6 Å². The van der Waals surface area contributed by atoms with Crippen LogP contribution in [0.1, 0.15) is 17.3 Å². The highest BCUT2D eigenvalue weighted by Crippen LogP contribution is 2.33. The maximum absolute atomic E-state index is 12.6. The van der Waals surface area contributed by atoms with Crippen LogP contribution in [0.2, 0.25) is 0 Å². The molecule has 27 heavy (non-hydrogen) atoms. The summed E-state index contributed by atoms with van der Waals surface area (Å²) < 4.78 is 43.1. The SMILES string of the molecule is CCNS(=O)(=O)c1cc(C(=O)Nc2ccc3c(c2)OCCO3)ccc1OC. The number of carbonyl (C=O) groups excluding carboxylic acids is 1. The number of hydrogen-bond donors (Lipinski definition) is 2. The van der Waals surface area contributed by atoms with Gasteiger partial charge in [0, 0.05) is 23.9 Å². The monoisotopic (exact) mass is 392 g/mol. The van der Waals surface area contributed by atoms with Crippen LogP contribution in [-0.4, -0.2) is 41.2 Å². The number of rotatable bonds is 6. The first kappa shape index (κ1) is 19.0. The highest BCUT2D eigenvalue weighted by atomic mass is 32.2. The van der Waals surface area contributed by atoms with Crippen LogP contribution in [0.3, 0.4) is 0 Å². The molecule has 1 heterocycles. The van der Waals surface area contributed by atoms with Gasteiger partial charge in [0.05, 0.1) is 7.11 Å². The number of methoxy groups -OCH3 is 1. The molecule has 0 radical (unpaired) electrons. The Morgan fingerprint density at radius 2 is 1.85 bits per heavy atom. The summed E-state index contributed by atoms with van der Waals surface area (Å²) in [5, 5.41) is 2.73. The van der Waals surface area contributed by atoms with E-state index < -0.39 is 15.9 Å². The van der Waals surface area contributed by atoms with E-state index in [1.165, 1.54) is 25.3 Å². The Morgan fingerprint density at radius 1 is 1.11 bits per heavy atom. The van der Waals surface area contributed by atoms with Crippen LogP contribution in [-0.2, 0) is 10.0 Å². The molecule has 2 aromatic carbocycles. The summed E-state index contributed by atoms with van der Waals surface area (Å²) in [6.45, 7) is 2.81. The zero-order chi connectivity index (χ0) is 19.4. The minimum atomic E-state index is -3.79. The van der Waals surface area contributed by atoms with Crippen LogP contribution in [0.25, 0.3) is 0 Å². The number of anilines is 1. The highest BCUT2D eigenvalue weighted by Gasteiger charge is 2.21. The quantitative estimate of drug-likeness (QED) is 0.780. The predicted octanol–water partition coefficient (Wildman–Crippen LogP) is 2.02. The van der Waals surface area contributed by atoms with Gasteiger partial charge >= 0.3 is 0 Å². The number of ether oxygens (including phenoxy) is 3. The molecular formula is C18H20N2O6S. The molecule has 0 fully saturated rings. The molecule has 0 aliphatic carbocycles. The van der Waals surface area contributed by atoms with E-state index in [1.54, 1.807) is 25.1 Å². The van der Waals surface area contributed by atoms with Gasteiger partial charge in [0.15, 0.2) is 11.5 Å².